The zero-order chi connectivity index (χ0) is 21.0. The fourth-order valence-corrected chi connectivity index (χ4v) is 6.17. The molecule has 3 aromatic heterocycles. The topological polar surface area (TPSA) is 49.6 Å². The highest BCUT2D eigenvalue weighted by Crippen LogP contribution is 2.43. The van der Waals surface area contributed by atoms with Crippen LogP contribution in [0, 0.1) is 12.3 Å². The smallest absolute Gasteiger partial charge is 0.157 e. The van der Waals surface area contributed by atoms with E-state index in [2.05, 4.69) is 63.0 Å². The molecule has 6 rings (SSSR count). The minimum Gasteiger partial charge on any atom is -0.356 e. The van der Waals surface area contributed by atoms with E-state index in [-0.39, 0.29) is 0 Å². The molecule has 1 spiro atoms. The van der Waals surface area contributed by atoms with E-state index in [0.717, 1.165) is 43.0 Å². The zero-order valence-electron chi connectivity index (χ0n) is 18.2. The minimum atomic E-state index is 0.422. The van der Waals surface area contributed by atoms with Crippen molar-refractivity contribution in [3.05, 3.63) is 53.3 Å². The van der Waals surface area contributed by atoms with Gasteiger partial charge >= 0.3 is 0 Å². The number of likely N-dealkylation sites (tertiary alicyclic amines) is 1. The van der Waals surface area contributed by atoms with Gasteiger partial charge < -0.3 is 4.90 Å². The van der Waals surface area contributed by atoms with Gasteiger partial charge in [0.15, 0.2) is 5.65 Å². The first kappa shape index (κ1) is 19.2. The van der Waals surface area contributed by atoms with Gasteiger partial charge in [-0.2, -0.15) is 9.61 Å². The molecule has 2 fully saturated rings. The Morgan fingerprint density at radius 1 is 1.06 bits per heavy atom. The van der Waals surface area contributed by atoms with Crippen LogP contribution in [0.2, 0.25) is 0 Å². The lowest BCUT2D eigenvalue weighted by atomic mass is 9.77. The largest absolute Gasteiger partial charge is 0.356 e. The molecule has 5 heterocycles. The Balaban J connectivity index is 1.16. The minimum absolute atomic E-state index is 0.422. The van der Waals surface area contributed by atoms with Crippen molar-refractivity contribution in [2.24, 2.45) is 5.41 Å². The summed E-state index contributed by atoms with van der Waals surface area (Å²) < 4.78 is 3.27. The lowest BCUT2D eigenvalue weighted by Gasteiger charge is -2.42. The Hall–Kier alpha value is -2.51. The average molecular weight is 433 g/mol. The van der Waals surface area contributed by atoms with E-state index in [1.165, 1.54) is 35.3 Å². The third kappa shape index (κ3) is 3.31. The van der Waals surface area contributed by atoms with Crippen molar-refractivity contribution in [1.29, 1.82) is 0 Å². The predicted octanol–water partition coefficient (Wildman–Crippen LogP) is 4.70. The second-order valence-corrected chi connectivity index (χ2v) is 10.2. The number of rotatable bonds is 3. The van der Waals surface area contributed by atoms with Gasteiger partial charge in [-0.15, -0.1) is 11.3 Å². The molecule has 0 aliphatic carbocycles. The van der Waals surface area contributed by atoms with Crippen molar-refractivity contribution >= 4 is 33.0 Å². The SMILES string of the molecule is Cc1cc(N2CCC3(CCN([C@@H](C)c4ccc5scnc5c4)CC3)C2)n2nccc2n1. The molecule has 0 N–H and O–H groups in total. The average Bonchev–Trinajstić information content (AvgIpc) is 3.52. The first-order valence-corrected chi connectivity index (χ1v) is 12.1. The Labute approximate surface area is 186 Å². The van der Waals surface area contributed by atoms with Crippen LogP contribution in [0.15, 0.2) is 42.0 Å². The Kier molecular flexibility index (Phi) is 4.51. The first-order chi connectivity index (χ1) is 15.1. The summed E-state index contributed by atoms with van der Waals surface area (Å²) >= 11 is 1.72. The number of piperidine rings is 1. The van der Waals surface area contributed by atoms with Crippen molar-refractivity contribution in [2.45, 2.75) is 39.2 Å². The summed E-state index contributed by atoms with van der Waals surface area (Å²) in [5, 5.41) is 4.52. The van der Waals surface area contributed by atoms with Gasteiger partial charge in [-0.1, -0.05) is 6.07 Å². The van der Waals surface area contributed by atoms with Gasteiger partial charge in [0.05, 0.1) is 21.9 Å². The van der Waals surface area contributed by atoms with Gasteiger partial charge in [0, 0.05) is 37.0 Å². The molecule has 4 aromatic rings. The van der Waals surface area contributed by atoms with E-state index in [1.807, 2.05) is 22.3 Å². The molecular formula is C24H28N6S. The molecule has 2 aliphatic heterocycles. The molecule has 31 heavy (non-hydrogen) atoms. The fraction of sp³-hybridized carbons (Fsp3) is 0.458. The molecule has 0 bridgehead atoms. The lowest BCUT2D eigenvalue weighted by Crippen LogP contribution is -2.42. The molecule has 6 nitrogen and oxygen atoms in total. The van der Waals surface area contributed by atoms with Crippen molar-refractivity contribution in [1.82, 2.24) is 24.5 Å². The van der Waals surface area contributed by atoms with Crippen LogP contribution in [-0.4, -0.2) is 50.7 Å². The molecule has 0 saturated carbocycles. The van der Waals surface area contributed by atoms with Gasteiger partial charge in [-0.3, -0.25) is 4.90 Å². The maximum atomic E-state index is 4.61. The summed E-state index contributed by atoms with van der Waals surface area (Å²) in [7, 11) is 0. The maximum Gasteiger partial charge on any atom is 0.157 e. The molecule has 0 amide bonds. The van der Waals surface area contributed by atoms with E-state index < -0.39 is 0 Å². The number of benzene rings is 1. The summed E-state index contributed by atoms with van der Waals surface area (Å²) in [6.45, 7) is 8.98. The Morgan fingerprint density at radius 2 is 1.90 bits per heavy atom. The normalized spacial score (nSPS) is 20.3. The number of hydrogen-bond donors (Lipinski definition) is 0. The second kappa shape index (κ2) is 7.28. The highest BCUT2D eigenvalue weighted by Gasteiger charge is 2.42. The molecule has 1 atom stereocenters. The van der Waals surface area contributed by atoms with E-state index in [4.69, 9.17) is 0 Å². The van der Waals surface area contributed by atoms with Crippen LogP contribution in [0.25, 0.3) is 15.9 Å². The summed E-state index contributed by atoms with van der Waals surface area (Å²) in [6.07, 6.45) is 5.64. The van der Waals surface area contributed by atoms with Crippen LogP contribution >= 0.6 is 11.3 Å². The summed E-state index contributed by atoms with van der Waals surface area (Å²) in [5.41, 5.74) is 6.88. The molecule has 7 heteroatoms. The third-order valence-corrected chi connectivity index (χ3v) is 8.28. The Morgan fingerprint density at radius 3 is 2.77 bits per heavy atom. The van der Waals surface area contributed by atoms with E-state index in [0.29, 0.717) is 11.5 Å². The quantitative estimate of drug-likeness (QED) is 0.470. The van der Waals surface area contributed by atoms with Crippen molar-refractivity contribution in [3.8, 4) is 0 Å². The van der Waals surface area contributed by atoms with E-state index in [1.54, 1.807) is 11.3 Å². The van der Waals surface area contributed by atoms with E-state index in [9.17, 15) is 0 Å². The standard InChI is InChI=1S/C24H28N6S/c1-17-13-23(30-22(27-17)5-9-26-30)29-12-8-24(15-29)6-10-28(11-7-24)18(2)19-3-4-21-20(14-19)25-16-31-21/h3-5,9,13-14,16,18H,6-8,10-12,15H2,1-2H3/t18-/m0/s1. The number of nitrogens with zero attached hydrogens (tertiary/aromatic N) is 6. The number of fused-ring (bicyclic) bond motifs is 2. The zero-order valence-corrected chi connectivity index (χ0v) is 19.0. The predicted molar refractivity (Wildman–Crippen MR) is 126 cm³/mol. The molecule has 160 valence electrons. The number of aryl methyl sites for hydroxylation is 1. The monoisotopic (exact) mass is 432 g/mol. The molecule has 0 unspecified atom stereocenters. The molecule has 1 aromatic carbocycles. The van der Waals surface area contributed by atoms with Crippen LogP contribution in [0.4, 0.5) is 5.82 Å². The number of anilines is 1. The van der Waals surface area contributed by atoms with Crippen LogP contribution in [0.1, 0.15) is 43.5 Å². The molecule has 2 saturated heterocycles. The van der Waals surface area contributed by atoms with Crippen LogP contribution < -0.4 is 4.90 Å². The Bertz CT molecular complexity index is 1240. The van der Waals surface area contributed by atoms with Gasteiger partial charge in [-0.05, 0) is 69.3 Å². The van der Waals surface area contributed by atoms with Gasteiger partial charge in [0.1, 0.15) is 5.82 Å². The van der Waals surface area contributed by atoms with Gasteiger partial charge in [0.2, 0.25) is 0 Å². The molecular weight excluding hydrogens is 404 g/mol. The highest BCUT2D eigenvalue weighted by atomic mass is 32.1. The van der Waals surface area contributed by atoms with Crippen molar-refractivity contribution in [2.75, 3.05) is 31.1 Å². The van der Waals surface area contributed by atoms with Crippen LogP contribution in [0.3, 0.4) is 0 Å². The van der Waals surface area contributed by atoms with Crippen molar-refractivity contribution in [3.63, 3.8) is 0 Å². The van der Waals surface area contributed by atoms with E-state index >= 15 is 0 Å². The van der Waals surface area contributed by atoms with Gasteiger partial charge in [0.25, 0.3) is 0 Å². The number of thiazole rings is 1. The summed E-state index contributed by atoms with van der Waals surface area (Å²) in [5.74, 6) is 1.19. The van der Waals surface area contributed by atoms with Gasteiger partial charge in [-0.25, -0.2) is 9.97 Å². The summed E-state index contributed by atoms with van der Waals surface area (Å²) in [6, 6.07) is 11.4. The lowest BCUT2D eigenvalue weighted by molar-refractivity contribution is 0.0908. The maximum absolute atomic E-state index is 4.61. The first-order valence-electron chi connectivity index (χ1n) is 11.2. The highest BCUT2D eigenvalue weighted by molar-refractivity contribution is 7.16. The molecule has 2 aliphatic rings. The van der Waals surface area contributed by atoms with Crippen LogP contribution in [0.5, 0.6) is 0 Å². The molecule has 0 radical (unpaired) electrons. The fourth-order valence-electron chi connectivity index (χ4n) is 5.51. The van der Waals surface area contributed by atoms with Crippen molar-refractivity contribution < 1.29 is 0 Å². The third-order valence-electron chi connectivity index (χ3n) is 7.47. The number of hydrogen-bond acceptors (Lipinski definition) is 6. The summed E-state index contributed by atoms with van der Waals surface area (Å²) in [4.78, 5) is 14.3. The number of aromatic nitrogens is 4. The van der Waals surface area contributed by atoms with Crippen LogP contribution in [-0.2, 0) is 0 Å². The second-order valence-electron chi connectivity index (χ2n) is 9.32.